The molecule has 0 spiro atoms. The Kier molecular flexibility index (Phi) is 4.43. The Labute approximate surface area is 128 Å². The third-order valence-corrected chi connectivity index (χ3v) is 2.94. The van der Waals surface area contributed by atoms with Crippen molar-refractivity contribution < 1.29 is 22.7 Å². The average molecular weight is 330 g/mol. The largest absolute Gasteiger partial charge is 0.497 e. The molecule has 0 saturated carbocycles. The lowest BCUT2D eigenvalue weighted by molar-refractivity contribution is -0.147. The van der Waals surface area contributed by atoms with Crippen LogP contribution in [0.1, 0.15) is 5.82 Å². The summed E-state index contributed by atoms with van der Waals surface area (Å²) >= 11 is 0. The number of hydrogen-bond acceptors (Lipinski definition) is 4. The Morgan fingerprint density at radius 2 is 2.09 bits per heavy atom. The van der Waals surface area contributed by atoms with E-state index in [0.717, 1.165) is 7.05 Å². The van der Waals surface area contributed by atoms with E-state index in [0.29, 0.717) is 20.7 Å². The van der Waals surface area contributed by atoms with Crippen LogP contribution >= 0.6 is 0 Å². The van der Waals surface area contributed by atoms with Crippen molar-refractivity contribution in [3.63, 3.8) is 0 Å². The summed E-state index contributed by atoms with van der Waals surface area (Å²) in [5.41, 5.74) is -0.646. The highest BCUT2D eigenvalue weighted by Crippen LogP contribution is 2.26. The van der Waals surface area contributed by atoms with Gasteiger partial charge in [0.2, 0.25) is 11.7 Å². The Morgan fingerprint density at radius 1 is 1.39 bits per heavy atom. The lowest BCUT2D eigenvalue weighted by Gasteiger charge is -2.06. The zero-order valence-electron chi connectivity index (χ0n) is 12.2. The van der Waals surface area contributed by atoms with Crippen molar-refractivity contribution in [1.82, 2.24) is 14.3 Å². The molecule has 2 aromatic rings. The number of rotatable bonds is 4. The summed E-state index contributed by atoms with van der Waals surface area (Å²) in [6.45, 7) is -0.639. The molecule has 0 radical (unpaired) electrons. The quantitative estimate of drug-likeness (QED) is 0.915. The van der Waals surface area contributed by atoms with Crippen molar-refractivity contribution in [3.8, 4) is 5.75 Å². The van der Waals surface area contributed by atoms with Gasteiger partial charge in [-0.25, -0.2) is 9.48 Å². The molecule has 0 aliphatic rings. The van der Waals surface area contributed by atoms with Crippen LogP contribution in [0.2, 0.25) is 0 Å². The molecule has 0 bridgehead atoms. The minimum Gasteiger partial charge on any atom is -0.497 e. The molecule has 124 valence electrons. The maximum absolute atomic E-state index is 12.7. The smallest absolute Gasteiger partial charge is 0.451 e. The van der Waals surface area contributed by atoms with Crippen molar-refractivity contribution in [3.05, 3.63) is 40.6 Å². The number of benzene rings is 1. The molecule has 0 unspecified atom stereocenters. The second-order valence-corrected chi connectivity index (χ2v) is 4.60. The summed E-state index contributed by atoms with van der Waals surface area (Å²) in [6, 6.07) is 6.39. The van der Waals surface area contributed by atoms with E-state index in [9.17, 15) is 22.8 Å². The van der Waals surface area contributed by atoms with Crippen molar-refractivity contribution in [2.45, 2.75) is 12.7 Å². The van der Waals surface area contributed by atoms with Crippen molar-refractivity contribution in [2.24, 2.45) is 7.05 Å². The number of nitrogens with one attached hydrogen (secondary N) is 1. The number of anilines is 1. The molecule has 0 fully saturated rings. The zero-order valence-corrected chi connectivity index (χ0v) is 12.2. The molecule has 23 heavy (non-hydrogen) atoms. The van der Waals surface area contributed by atoms with Crippen LogP contribution in [0.3, 0.4) is 0 Å². The molecule has 1 amide bonds. The number of carbonyl (C=O) groups is 1. The van der Waals surface area contributed by atoms with Gasteiger partial charge < -0.3 is 10.1 Å². The normalized spacial score (nSPS) is 11.3. The first kappa shape index (κ1) is 16.6. The van der Waals surface area contributed by atoms with Crippen LogP contribution in [0, 0.1) is 0 Å². The zero-order chi connectivity index (χ0) is 17.2. The van der Waals surface area contributed by atoms with Crippen molar-refractivity contribution >= 4 is 11.6 Å². The van der Waals surface area contributed by atoms with Crippen LogP contribution in [0.15, 0.2) is 29.1 Å². The third-order valence-electron chi connectivity index (χ3n) is 2.94. The second-order valence-electron chi connectivity index (χ2n) is 4.60. The van der Waals surface area contributed by atoms with E-state index in [1.807, 2.05) is 0 Å². The molecule has 2 rings (SSSR count). The lowest BCUT2D eigenvalue weighted by atomic mass is 10.3. The minimum atomic E-state index is -4.78. The van der Waals surface area contributed by atoms with Crippen LogP contribution in [0.5, 0.6) is 5.75 Å². The van der Waals surface area contributed by atoms with E-state index in [4.69, 9.17) is 4.74 Å². The van der Waals surface area contributed by atoms with Crippen LogP contribution < -0.4 is 15.7 Å². The number of aromatic nitrogens is 3. The number of nitrogens with zero attached hydrogens (tertiary/aromatic N) is 3. The number of hydrogen-bond donors (Lipinski definition) is 1. The van der Waals surface area contributed by atoms with Gasteiger partial charge in [-0.05, 0) is 12.1 Å². The maximum atomic E-state index is 12.7. The highest BCUT2D eigenvalue weighted by Gasteiger charge is 2.38. The van der Waals surface area contributed by atoms with Gasteiger partial charge in [0, 0.05) is 18.8 Å². The van der Waals surface area contributed by atoms with Crippen molar-refractivity contribution in [1.29, 1.82) is 0 Å². The third kappa shape index (κ3) is 3.71. The van der Waals surface area contributed by atoms with Gasteiger partial charge in [-0.3, -0.25) is 9.36 Å². The maximum Gasteiger partial charge on any atom is 0.451 e. The topological polar surface area (TPSA) is 78.2 Å². The standard InChI is InChI=1S/C13H13F3N4O3/c1-19-11(13(14,15)16)18-20(12(19)22)7-10(21)17-8-4-3-5-9(6-8)23-2/h3-6H,7H2,1-2H3,(H,17,21). The fourth-order valence-electron chi connectivity index (χ4n) is 1.88. The fraction of sp³-hybridized carbons (Fsp3) is 0.308. The number of amides is 1. The Balaban J connectivity index is 2.16. The fourth-order valence-corrected chi connectivity index (χ4v) is 1.88. The number of carbonyl (C=O) groups excluding carboxylic acids is 1. The molecule has 0 aliphatic carbocycles. The first-order valence-corrected chi connectivity index (χ1v) is 6.37. The Morgan fingerprint density at radius 3 is 2.65 bits per heavy atom. The minimum absolute atomic E-state index is 0.346. The molecule has 0 aliphatic heterocycles. The van der Waals surface area contributed by atoms with E-state index in [2.05, 4.69) is 10.4 Å². The molecule has 1 aromatic carbocycles. The predicted octanol–water partition coefficient (Wildman–Crippen LogP) is 1.25. The van der Waals surface area contributed by atoms with Gasteiger partial charge >= 0.3 is 11.9 Å². The van der Waals surface area contributed by atoms with E-state index in [-0.39, 0.29) is 0 Å². The molecule has 1 aromatic heterocycles. The summed E-state index contributed by atoms with van der Waals surface area (Å²) in [7, 11) is 2.39. The number of ether oxygens (including phenoxy) is 1. The Hall–Kier alpha value is -2.78. The van der Waals surface area contributed by atoms with E-state index in [1.54, 1.807) is 18.2 Å². The number of alkyl halides is 3. The Bertz CT molecular complexity index is 780. The summed E-state index contributed by atoms with van der Waals surface area (Å²) in [4.78, 5) is 23.5. The van der Waals surface area contributed by atoms with Gasteiger partial charge in [0.15, 0.2) is 0 Å². The van der Waals surface area contributed by atoms with E-state index >= 15 is 0 Å². The number of methoxy groups -OCH3 is 1. The SMILES string of the molecule is COc1cccc(NC(=O)Cn2nc(C(F)(F)F)n(C)c2=O)c1. The first-order chi connectivity index (χ1) is 10.7. The lowest BCUT2D eigenvalue weighted by Crippen LogP contribution is -2.29. The van der Waals surface area contributed by atoms with Crippen molar-refractivity contribution in [2.75, 3.05) is 12.4 Å². The monoisotopic (exact) mass is 330 g/mol. The summed E-state index contributed by atoms with van der Waals surface area (Å²) in [6.07, 6.45) is -4.78. The first-order valence-electron chi connectivity index (χ1n) is 6.37. The van der Waals surface area contributed by atoms with E-state index < -0.39 is 30.1 Å². The molecular weight excluding hydrogens is 317 g/mol. The number of halogens is 3. The molecular formula is C13H13F3N4O3. The molecule has 1 heterocycles. The molecule has 0 atom stereocenters. The van der Waals surface area contributed by atoms with Crippen LogP contribution in [0.4, 0.5) is 18.9 Å². The van der Waals surface area contributed by atoms with Gasteiger partial charge in [0.1, 0.15) is 12.3 Å². The summed E-state index contributed by atoms with van der Waals surface area (Å²) in [5.74, 6) is -1.55. The summed E-state index contributed by atoms with van der Waals surface area (Å²) < 4.78 is 43.8. The average Bonchev–Trinajstić information content (AvgIpc) is 2.75. The van der Waals surface area contributed by atoms with Gasteiger partial charge in [-0.15, -0.1) is 5.10 Å². The molecule has 7 nitrogen and oxygen atoms in total. The highest BCUT2D eigenvalue weighted by molar-refractivity contribution is 5.90. The molecule has 10 heteroatoms. The molecule has 0 saturated heterocycles. The van der Waals surface area contributed by atoms with Crippen LogP contribution in [0.25, 0.3) is 0 Å². The second kappa shape index (κ2) is 6.15. The molecule has 1 N–H and O–H groups in total. The van der Waals surface area contributed by atoms with E-state index in [1.165, 1.54) is 13.2 Å². The van der Waals surface area contributed by atoms with Gasteiger partial charge in [-0.1, -0.05) is 6.07 Å². The summed E-state index contributed by atoms with van der Waals surface area (Å²) in [5, 5.41) is 5.60. The van der Waals surface area contributed by atoms with Gasteiger partial charge in [0.25, 0.3) is 0 Å². The van der Waals surface area contributed by atoms with Gasteiger partial charge in [-0.2, -0.15) is 13.2 Å². The van der Waals surface area contributed by atoms with Crippen LogP contribution in [-0.4, -0.2) is 27.4 Å². The van der Waals surface area contributed by atoms with Crippen LogP contribution in [-0.2, 0) is 24.6 Å². The predicted molar refractivity (Wildman–Crippen MR) is 74.1 cm³/mol. The van der Waals surface area contributed by atoms with Gasteiger partial charge in [0.05, 0.1) is 7.11 Å². The highest BCUT2D eigenvalue weighted by atomic mass is 19.4.